The highest BCUT2D eigenvalue weighted by Crippen LogP contribution is 2.42. The molecule has 3 atom stereocenters. The van der Waals surface area contributed by atoms with Crippen LogP contribution in [0.2, 0.25) is 5.02 Å². The highest BCUT2D eigenvalue weighted by molar-refractivity contribution is 7.55. The van der Waals surface area contributed by atoms with Crippen LogP contribution < -0.4 is 4.74 Å². The zero-order chi connectivity index (χ0) is 19.3. The van der Waals surface area contributed by atoms with Gasteiger partial charge in [0, 0.05) is 17.7 Å². The Labute approximate surface area is 166 Å². The zero-order valence-corrected chi connectivity index (χ0v) is 17.0. The number of hydrogen-bond donors (Lipinski definition) is 1. The maximum atomic E-state index is 6.98. The van der Waals surface area contributed by atoms with Crippen molar-refractivity contribution in [3.05, 3.63) is 58.6 Å². The van der Waals surface area contributed by atoms with Gasteiger partial charge in [0.1, 0.15) is 17.8 Å². The first-order chi connectivity index (χ1) is 13.0. The van der Waals surface area contributed by atoms with E-state index in [-0.39, 0.29) is 6.10 Å². The minimum Gasteiger partial charge on any atom is -0.457 e. The molecule has 1 fully saturated rings. The molecule has 7 heteroatoms. The molecule has 2 aromatic carbocycles. The smallest absolute Gasteiger partial charge is 0.200 e. The van der Waals surface area contributed by atoms with Crippen LogP contribution >= 0.6 is 20.2 Å². The summed E-state index contributed by atoms with van der Waals surface area (Å²) in [5.74, 6) is 2.21. The van der Waals surface area contributed by atoms with E-state index in [2.05, 4.69) is 4.99 Å². The van der Waals surface area contributed by atoms with Crippen molar-refractivity contribution in [1.29, 1.82) is 5.41 Å². The summed E-state index contributed by atoms with van der Waals surface area (Å²) < 4.78 is 18.0. The Morgan fingerprint density at radius 2 is 2.04 bits per heavy atom. The summed E-state index contributed by atoms with van der Waals surface area (Å²) >= 11 is 6.57. The molecule has 1 heterocycles. The third-order valence-electron chi connectivity index (χ3n) is 4.13. The third-order valence-corrected chi connectivity index (χ3v) is 5.44. The van der Waals surface area contributed by atoms with E-state index >= 15 is 0 Å². The van der Waals surface area contributed by atoms with Gasteiger partial charge in [-0.3, -0.25) is 5.41 Å². The lowest BCUT2D eigenvalue weighted by Gasteiger charge is -2.29. The van der Waals surface area contributed by atoms with Gasteiger partial charge in [0.2, 0.25) is 5.79 Å². The Kier molecular flexibility index (Phi) is 6.61. The minimum atomic E-state index is -0.897. The van der Waals surface area contributed by atoms with E-state index in [4.69, 9.17) is 31.2 Å². The third kappa shape index (κ3) is 4.94. The number of aryl methyl sites for hydroxylation is 1. The largest absolute Gasteiger partial charge is 0.457 e. The fourth-order valence-electron chi connectivity index (χ4n) is 2.85. The van der Waals surface area contributed by atoms with Crippen LogP contribution in [-0.4, -0.2) is 31.2 Å². The zero-order valence-electron chi connectivity index (χ0n) is 15.2. The summed E-state index contributed by atoms with van der Waals surface area (Å²) in [7, 11) is 0.347. The number of halogens is 1. The number of nitrogens with one attached hydrogen (secondary N) is 1. The molecule has 27 heavy (non-hydrogen) atoms. The van der Waals surface area contributed by atoms with E-state index in [1.807, 2.05) is 50.2 Å². The number of nitrogens with zero attached hydrogens (tertiary/aromatic N) is 1. The van der Waals surface area contributed by atoms with Crippen molar-refractivity contribution in [1.82, 2.24) is 0 Å². The lowest BCUT2D eigenvalue weighted by molar-refractivity contribution is -0.155. The van der Waals surface area contributed by atoms with E-state index in [1.165, 1.54) is 5.56 Å². The highest BCUT2D eigenvalue weighted by atomic mass is 35.5. The summed E-state index contributed by atoms with van der Waals surface area (Å²) in [5.41, 5.74) is 1.95. The topological polar surface area (TPSA) is 63.9 Å². The monoisotopic (exact) mass is 404 g/mol. The maximum absolute atomic E-state index is 6.98. The van der Waals surface area contributed by atoms with E-state index in [0.29, 0.717) is 32.1 Å². The Balaban J connectivity index is 1.82. The highest BCUT2D eigenvalue weighted by Gasteiger charge is 2.42. The predicted molar refractivity (Wildman–Crippen MR) is 111 cm³/mol. The molecular formula is C20H22ClN2O3P. The van der Waals surface area contributed by atoms with Gasteiger partial charge in [0.05, 0.1) is 17.7 Å². The molecule has 142 valence electrons. The van der Waals surface area contributed by atoms with Gasteiger partial charge in [-0.25, -0.2) is 4.99 Å². The van der Waals surface area contributed by atoms with Gasteiger partial charge < -0.3 is 14.2 Å². The number of rotatable bonds is 7. The maximum Gasteiger partial charge on any atom is 0.200 e. The first-order valence-corrected chi connectivity index (χ1v) is 10.3. The molecule has 0 radical (unpaired) electrons. The molecule has 0 saturated carbocycles. The van der Waals surface area contributed by atoms with E-state index in [1.54, 1.807) is 12.0 Å². The van der Waals surface area contributed by atoms with Gasteiger partial charge in [-0.05, 0) is 44.2 Å². The van der Waals surface area contributed by atoms with E-state index in [0.717, 1.165) is 17.7 Å². The van der Waals surface area contributed by atoms with Crippen LogP contribution in [0.15, 0.2) is 47.5 Å². The normalized spacial score (nSPS) is 22.7. The average Bonchev–Trinajstić information content (AvgIpc) is 3.03. The van der Waals surface area contributed by atoms with Gasteiger partial charge in [0.15, 0.2) is 0 Å². The lowest BCUT2D eigenvalue weighted by atomic mass is 10.1. The molecule has 0 bridgehead atoms. The van der Waals surface area contributed by atoms with Crippen molar-refractivity contribution in [2.45, 2.75) is 25.7 Å². The number of aliphatic imine (C=N–C) groups is 1. The molecule has 0 amide bonds. The second-order valence-corrected chi connectivity index (χ2v) is 7.76. The second kappa shape index (κ2) is 8.94. The summed E-state index contributed by atoms with van der Waals surface area (Å²) in [6, 6.07) is 13.4. The molecule has 3 rings (SSSR count). The molecule has 2 aromatic rings. The van der Waals surface area contributed by atoms with Crippen LogP contribution in [0, 0.1) is 12.3 Å². The fraction of sp³-hybridized carbons (Fsp3) is 0.300. The van der Waals surface area contributed by atoms with Crippen molar-refractivity contribution < 1.29 is 14.2 Å². The average molecular weight is 405 g/mol. The summed E-state index contributed by atoms with van der Waals surface area (Å²) in [6.07, 6.45) is 1.59. The Morgan fingerprint density at radius 3 is 2.67 bits per heavy atom. The molecule has 5 nitrogen and oxygen atoms in total. The minimum absolute atomic E-state index is 0.0194. The van der Waals surface area contributed by atoms with Crippen LogP contribution in [0.1, 0.15) is 18.1 Å². The Morgan fingerprint density at radius 1 is 1.30 bits per heavy atom. The molecule has 1 N–H and O–H groups in total. The van der Waals surface area contributed by atoms with Crippen LogP contribution in [0.3, 0.4) is 0 Å². The van der Waals surface area contributed by atoms with E-state index in [9.17, 15) is 0 Å². The van der Waals surface area contributed by atoms with Crippen LogP contribution in [0.25, 0.3) is 0 Å². The van der Waals surface area contributed by atoms with Crippen LogP contribution in [0.5, 0.6) is 11.5 Å². The summed E-state index contributed by atoms with van der Waals surface area (Å²) in [6.45, 7) is 4.51. The first kappa shape index (κ1) is 20.0. The molecule has 1 aliphatic rings. The van der Waals surface area contributed by atoms with Crippen molar-refractivity contribution in [3.8, 4) is 11.5 Å². The molecule has 0 aromatic heterocycles. The Hall–Kier alpha value is -1.78. The number of ether oxygens (including phenoxy) is 3. The molecule has 0 aliphatic carbocycles. The summed E-state index contributed by atoms with van der Waals surface area (Å²) in [5, 5.41) is 7.51. The lowest BCUT2D eigenvalue weighted by Crippen LogP contribution is -2.31. The van der Waals surface area contributed by atoms with Crippen molar-refractivity contribution in [2.75, 3.05) is 12.8 Å². The van der Waals surface area contributed by atoms with Gasteiger partial charge in [-0.2, -0.15) is 0 Å². The predicted octanol–water partition coefficient (Wildman–Crippen LogP) is 5.34. The van der Waals surface area contributed by atoms with Gasteiger partial charge in [-0.1, -0.05) is 37.9 Å². The molecule has 1 aliphatic heterocycles. The second-order valence-electron chi connectivity index (χ2n) is 6.34. The molecule has 1 saturated heterocycles. The molecular weight excluding hydrogens is 383 g/mol. The van der Waals surface area contributed by atoms with Crippen molar-refractivity contribution >= 4 is 32.5 Å². The van der Waals surface area contributed by atoms with Gasteiger partial charge in [-0.15, -0.1) is 0 Å². The number of hydrogen-bond acceptors (Lipinski definition) is 4. The fourth-order valence-corrected chi connectivity index (χ4v) is 4.09. The first-order valence-electron chi connectivity index (χ1n) is 8.63. The Bertz CT molecular complexity index is 828. The summed E-state index contributed by atoms with van der Waals surface area (Å²) in [4.78, 5) is 3.83. The van der Waals surface area contributed by atoms with Crippen LogP contribution in [-0.2, 0) is 15.3 Å². The van der Waals surface area contributed by atoms with Gasteiger partial charge >= 0.3 is 0 Å². The SMILES string of the molecule is Cc1ccc(Oc2ccc(C3(CPC=NC=N)OCC(C)O3)c(Cl)c2)cc1. The van der Waals surface area contributed by atoms with Crippen molar-refractivity contribution in [3.63, 3.8) is 0 Å². The quantitative estimate of drug-likeness (QED) is 0.384. The van der Waals surface area contributed by atoms with Gasteiger partial charge in [0.25, 0.3) is 0 Å². The molecule has 3 unspecified atom stereocenters. The molecule has 0 spiro atoms. The standard InChI is InChI=1S/C20H22ClN2O3P/c1-14-3-5-16(6-4-14)25-17-7-8-18(19(21)9-17)20(11-27-13-23-12-22)24-10-15(2)26-20/h3-9,12-13,15,22,27H,10-11H2,1-2H3. The number of benzene rings is 2. The van der Waals surface area contributed by atoms with E-state index < -0.39 is 5.79 Å². The van der Waals surface area contributed by atoms with Crippen molar-refractivity contribution in [2.24, 2.45) is 4.99 Å². The van der Waals surface area contributed by atoms with Crippen LogP contribution in [0.4, 0.5) is 0 Å².